The van der Waals surface area contributed by atoms with Gasteiger partial charge >= 0.3 is 6.36 Å². The maximum atomic E-state index is 13.0. The molecule has 0 radical (unpaired) electrons. The molecule has 148 valence electrons. The number of carbonyl (C=O) groups is 2. The Morgan fingerprint density at radius 2 is 1.44 bits per heavy atom. The Bertz CT molecular complexity index is 664. The summed E-state index contributed by atoms with van der Waals surface area (Å²) in [4.78, 5) is 29.0. The first-order valence-corrected chi connectivity index (χ1v) is 9.26. The van der Waals surface area contributed by atoms with Gasteiger partial charge in [-0.15, -0.1) is 13.2 Å². The molecule has 0 bridgehead atoms. The van der Waals surface area contributed by atoms with Gasteiger partial charge < -0.3 is 14.5 Å². The van der Waals surface area contributed by atoms with Gasteiger partial charge in [0.05, 0.1) is 5.92 Å². The Kier molecular flexibility index (Phi) is 5.92. The molecule has 2 amide bonds. The summed E-state index contributed by atoms with van der Waals surface area (Å²) in [6, 6.07) is 5.26. The Hall–Kier alpha value is -2.25. The van der Waals surface area contributed by atoms with E-state index in [-0.39, 0.29) is 24.0 Å². The van der Waals surface area contributed by atoms with Crippen molar-refractivity contribution >= 4 is 11.8 Å². The van der Waals surface area contributed by atoms with Crippen LogP contribution < -0.4 is 4.74 Å². The summed E-state index contributed by atoms with van der Waals surface area (Å²) in [5.74, 6) is -1.24. The summed E-state index contributed by atoms with van der Waals surface area (Å²) in [6.07, 6.45) is -0.958. The van der Waals surface area contributed by atoms with E-state index in [4.69, 9.17) is 0 Å². The van der Waals surface area contributed by atoms with Crippen molar-refractivity contribution in [3.05, 3.63) is 29.8 Å². The van der Waals surface area contributed by atoms with Gasteiger partial charge in [0.15, 0.2) is 0 Å². The number of alkyl halides is 3. The average molecular weight is 384 g/mol. The fraction of sp³-hybridized carbons (Fsp3) is 0.579. The lowest BCUT2D eigenvalue weighted by Crippen LogP contribution is -2.36. The van der Waals surface area contributed by atoms with E-state index in [0.29, 0.717) is 31.7 Å². The average Bonchev–Trinajstić information content (AvgIpc) is 3.31. The van der Waals surface area contributed by atoms with Crippen LogP contribution in [0, 0.1) is 0 Å². The largest absolute Gasteiger partial charge is 0.573 e. The minimum atomic E-state index is -4.77. The first-order valence-electron chi connectivity index (χ1n) is 9.26. The molecule has 2 heterocycles. The summed E-state index contributed by atoms with van der Waals surface area (Å²) in [5, 5.41) is 0. The molecule has 0 aliphatic carbocycles. The number of amides is 2. The number of halogens is 3. The molecule has 2 aliphatic rings. The quantitative estimate of drug-likeness (QED) is 0.783. The minimum Gasteiger partial charge on any atom is -0.406 e. The highest BCUT2D eigenvalue weighted by atomic mass is 19.4. The van der Waals surface area contributed by atoms with Crippen LogP contribution in [0.4, 0.5) is 13.2 Å². The smallest absolute Gasteiger partial charge is 0.406 e. The number of likely N-dealkylation sites (tertiary alicyclic amines) is 2. The molecule has 0 aromatic heterocycles. The van der Waals surface area contributed by atoms with E-state index in [1.165, 1.54) is 24.3 Å². The number of hydrogen-bond acceptors (Lipinski definition) is 3. The van der Waals surface area contributed by atoms with Gasteiger partial charge in [-0.25, -0.2) is 0 Å². The molecule has 1 unspecified atom stereocenters. The molecule has 1 atom stereocenters. The second kappa shape index (κ2) is 8.19. The van der Waals surface area contributed by atoms with Crippen molar-refractivity contribution in [3.63, 3.8) is 0 Å². The van der Waals surface area contributed by atoms with E-state index in [1.54, 1.807) is 9.80 Å². The van der Waals surface area contributed by atoms with Gasteiger partial charge in [-0.2, -0.15) is 0 Å². The topological polar surface area (TPSA) is 49.9 Å². The summed E-state index contributed by atoms with van der Waals surface area (Å²) >= 11 is 0. The van der Waals surface area contributed by atoms with E-state index < -0.39 is 12.3 Å². The summed E-state index contributed by atoms with van der Waals surface area (Å²) in [5.41, 5.74) is 0.536. The Morgan fingerprint density at radius 1 is 0.926 bits per heavy atom. The van der Waals surface area contributed by atoms with Crippen molar-refractivity contribution in [1.82, 2.24) is 9.80 Å². The molecule has 2 saturated heterocycles. The zero-order chi connectivity index (χ0) is 19.4. The summed E-state index contributed by atoms with van der Waals surface area (Å²) in [7, 11) is 0. The van der Waals surface area contributed by atoms with Crippen LogP contribution >= 0.6 is 0 Å². The molecule has 5 nitrogen and oxygen atoms in total. The maximum Gasteiger partial charge on any atom is 0.573 e. The lowest BCUT2D eigenvalue weighted by molar-refractivity contribution is -0.274. The maximum absolute atomic E-state index is 13.0. The molecule has 27 heavy (non-hydrogen) atoms. The molecule has 1 aromatic carbocycles. The highest BCUT2D eigenvalue weighted by molar-refractivity contribution is 5.90. The van der Waals surface area contributed by atoms with Crippen LogP contribution in [0.1, 0.15) is 43.6 Å². The zero-order valence-electron chi connectivity index (χ0n) is 15.0. The number of carbonyl (C=O) groups excluding carboxylic acids is 2. The third-order valence-electron chi connectivity index (χ3n) is 5.07. The minimum absolute atomic E-state index is 0.0365. The van der Waals surface area contributed by atoms with Crippen molar-refractivity contribution in [1.29, 1.82) is 0 Å². The fourth-order valence-corrected chi connectivity index (χ4v) is 3.68. The van der Waals surface area contributed by atoms with E-state index in [0.717, 1.165) is 25.7 Å². The number of nitrogens with zero attached hydrogens (tertiary/aromatic N) is 2. The van der Waals surface area contributed by atoms with Gasteiger partial charge in [0.2, 0.25) is 11.8 Å². The molecule has 0 spiro atoms. The van der Waals surface area contributed by atoms with Crippen LogP contribution in [0.25, 0.3) is 0 Å². The molecule has 3 rings (SSSR count). The molecule has 8 heteroatoms. The fourth-order valence-electron chi connectivity index (χ4n) is 3.68. The van der Waals surface area contributed by atoms with Gasteiger partial charge in [0.25, 0.3) is 0 Å². The Labute approximate surface area is 156 Å². The first-order chi connectivity index (χ1) is 12.8. The molecule has 0 N–H and O–H groups in total. The van der Waals surface area contributed by atoms with Gasteiger partial charge in [-0.3, -0.25) is 9.59 Å². The summed E-state index contributed by atoms with van der Waals surface area (Å²) < 4.78 is 40.9. The highest BCUT2D eigenvalue weighted by Crippen LogP contribution is 2.29. The van der Waals surface area contributed by atoms with Crippen LogP contribution in [0.2, 0.25) is 0 Å². The van der Waals surface area contributed by atoms with Gasteiger partial charge in [0.1, 0.15) is 5.75 Å². The molecule has 0 saturated carbocycles. The van der Waals surface area contributed by atoms with Gasteiger partial charge in [-0.1, -0.05) is 12.1 Å². The van der Waals surface area contributed by atoms with Crippen LogP contribution in [-0.2, 0) is 9.59 Å². The predicted octanol–water partition coefficient (Wildman–Crippen LogP) is 3.30. The van der Waals surface area contributed by atoms with E-state index in [9.17, 15) is 22.8 Å². The third-order valence-corrected chi connectivity index (χ3v) is 5.07. The molecule has 2 fully saturated rings. The SMILES string of the molecule is O=C(CC(C(=O)N1CCCC1)c1ccc(OC(F)(F)F)cc1)N1CCCC1. The second-order valence-corrected chi connectivity index (χ2v) is 6.99. The Balaban J connectivity index is 1.77. The van der Waals surface area contributed by atoms with Gasteiger partial charge in [-0.05, 0) is 43.4 Å². The number of ether oxygens (including phenoxy) is 1. The monoisotopic (exact) mass is 384 g/mol. The lowest BCUT2D eigenvalue weighted by atomic mass is 9.93. The summed E-state index contributed by atoms with van der Waals surface area (Å²) in [6.45, 7) is 2.70. The van der Waals surface area contributed by atoms with Crippen LogP contribution in [0.15, 0.2) is 24.3 Å². The van der Waals surface area contributed by atoms with Crippen LogP contribution in [0.3, 0.4) is 0 Å². The standard InChI is InChI=1S/C19H23F3N2O3/c20-19(21,22)27-15-7-5-14(6-8-15)16(18(26)24-11-3-4-12-24)13-17(25)23-9-1-2-10-23/h5-8,16H,1-4,9-13H2. The third kappa shape index (κ3) is 5.14. The first kappa shape index (κ1) is 19.5. The normalized spacial score (nSPS) is 18.6. The van der Waals surface area contributed by atoms with E-state index >= 15 is 0 Å². The number of benzene rings is 1. The van der Waals surface area contributed by atoms with Crippen molar-refractivity contribution < 1.29 is 27.5 Å². The molecular formula is C19H23F3N2O3. The van der Waals surface area contributed by atoms with E-state index in [1.807, 2.05) is 0 Å². The predicted molar refractivity (Wildman–Crippen MR) is 92.1 cm³/mol. The number of rotatable bonds is 5. The molecule has 1 aromatic rings. The van der Waals surface area contributed by atoms with Crippen LogP contribution in [-0.4, -0.2) is 54.2 Å². The molecule has 2 aliphatic heterocycles. The van der Waals surface area contributed by atoms with Crippen molar-refractivity contribution in [2.24, 2.45) is 0 Å². The van der Waals surface area contributed by atoms with Crippen LogP contribution in [0.5, 0.6) is 5.75 Å². The van der Waals surface area contributed by atoms with Crippen molar-refractivity contribution in [2.45, 2.75) is 44.4 Å². The lowest BCUT2D eigenvalue weighted by Gasteiger charge is -2.25. The van der Waals surface area contributed by atoms with Gasteiger partial charge in [0, 0.05) is 32.6 Å². The zero-order valence-corrected chi connectivity index (χ0v) is 15.0. The molecular weight excluding hydrogens is 361 g/mol. The van der Waals surface area contributed by atoms with Crippen molar-refractivity contribution in [3.8, 4) is 5.75 Å². The van der Waals surface area contributed by atoms with Crippen molar-refractivity contribution in [2.75, 3.05) is 26.2 Å². The number of hydrogen-bond donors (Lipinski definition) is 0. The Morgan fingerprint density at radius 3 is 1.96 bits per heavy atom. The highest BCUT2D eigenvalue weighted by Gasteiger charge is 2.33. The second-order valence-electron chi connectivity index (χ2n) is 6.99. The van der Waals surface area contributed by atoms with E-state index in [2.05, 4.69) is 4.74 Å².